The van der Waals surface area contributed by atoms with Gasteiger partial charge in [0.05, 0.1) is 25.3 Å². The molecule has 1 aromatic heterocycles. The molecule has 8 heteroatoms. The number of carbonyl (C=O) groups excluding carboxylic acids is 1. The minimum atomic E-state index is -0.441. The van der Waals surface area contributed by atoms with E-state index in [0.29, 0.717) is 31.3 Å². The van der Waals surface area contributed by atoms with E-state index in [4.69, 9.17) is 9.47 Å². The first-order valence-electron chi connectivity index (χ1n) is 12.0. The van der Waals surface area contributed by atoms with Crippen molar-refractivity contribution in [1.29, 1.82) is 0 Å². The van der Waals surface area contributed by atoms with Gasteiger partial charge in [0, 0.05) is 30.4 Å². The molecule has 3 heterocycles. The van der Waals surface area contributed by atoms with Crippen molar-refractivity contribution in [2.24, 2.45) is 5.92 Å². The molecule has 2 aromatic carbocycles. The molecule has 2 fully saturated rings. The number of hydrogen-bond donors (Lipinski definition) is 3. The van der Waals surface area contributed by atoms with Crippen molar-refractivity contribution < 1.29 is 19.4 Å². The van der Waals surface area contributed by atoms with Gasteiger partial charge in [0.1, 0.15) is 11.8 Å². The molecule has 0 bridgehead atoms. The number of benzene rings is 2. The lowest BCUT2D eigenvalue weighted by atomic mass is 9.83. The molecule has 2 aliphatic rings. The normalized spacial score (nSPS) is 23.4. The van der Waals surface area contributed by atoms with Crippen LogP contribution in [0, 0.1) is 5.92 Å². The second kappa shape index (κ2) is 9.93. The van der Waals surface area contributed by atoms with E-state index in [0.717, 1.165) is 16.7 Å². The van der Waals surface area contributed by atoms with Crippen LogP contribution < -0.4 is 20.3 Å². The van der Waals surface area contributed by atoms with Crippen LogP contribution in [0.2, 0.25) is 0 Å². The SMILES string of the molecule is CCOc1ccc(C2C3C(NNC3c3ccccc3O)C(=O)N2Cc2cccnc2)cc1OCC. The van der Waals surface area contributed by atoms with Crippen LogP contribution in [0.5, 0.6) is 17.2 Å². The summed E-state index contributed by atoms with van der Waals surface area (Å²) in [7, 11) is 0. The van der Waals surface area contributed by atoms with Gasteiger partial charge in [-0.15, -0.1) is 0 Å². The van der Waals surface area contributed by atoms with E-state index >= 15 is 0 Å². The Bertz CT molecular complexity index is 1190. The predicted molar refractivity (Wildman–Crippen MR) is 131 cm³/mol. The quantitative estimate of drug-likeness (QED) is 0.460. The second-order valence-electron chi connectivity index (χ2n) is 8.72. The number of hydrogen-bond acceptors (Lipinski definition) is 7. The van der Waals surface area contributed by atoms with Gasteiger partial charge in [0.2, 0.25) is 5.91 Å². The van der Waals surface area contributed by atoms with Crippen molar-refractivity contribution in [3.05, 3.63) is 83.7 Å². The largest absolute Gasteiger partial charge is 0.508 e. The van der Waals surface area contributed by atoms with E-state index in [9.17, 15) is 9.90 Å². The van der Waals surface area contributed by atoms with E-state index in [1.807, 2.05) is 61.2 Å². The fraction of sp³-hybridized carbons (Fsp3) is 0.333. The van der Waals surface area contributed by atoms with Crippen molar-refractivity contribution in [3.8, 4) is 17.2 Å². The smallest absolute Gasteiger partial charge is 0.242 e. The number of hydrazine groups is 1. The molecule has 2 aliphatic heterocycles. The van der Waals surface area contributed by atoms with Gasteiger partial charge in [0.15, 0.2) is 11.5 Å². The summed E-state index contributed by atoms with van der Waals surface area (Å²) < 4.78 is 11.7. The molecular formula is C27H30N4O4. The van der Waals surface area contributed by atoms with Crippen molar-refractivity contribution in [3.63, 3.8) is 0 Å². The van der Waals surface area contributed by atoms with Crippen molar-refractivity contribution in [1.82, 2.24) is 20.7 Å². The summed E-state index contributed by atoms with van der Waals surface area (Å²) in [6, 6.07) is 16.0. The van der Waals surface area contributed by atoms with Gasteiger partial charge in [-0.05, 0) is 49.2 Å². The molecule has 3 N–H and O–H groups in total. The number of fused-ring (bicyclic) bond motifs is 1. The number of amides is 1. The third kappa shape index (κ3) is 4.31. The van der Waals surface area contributed by atoms with E-state index in [2.05, 4.69) is 15.8 Å². The van der Waals surface area contributed by atoms with E-state index in [1.54, 1.807) is 24.5 Å². The van der Waals surface area contributed by atoms with Gasteiger partial charge in [-0.3, -0.25) is 9.78 Å². The van der Waals surface area contributed by atoms with Crippen LogP contribution in [0.25, 0.3) is 0 Å². The minimum Gasteiger partial charge on any atom is -0.508 e. The second-order valence-corrected chi connectivity index (χ2v) is 8.72. The summed E-state index contributed by atoms with van der Waals surface area (Å²) in [5.41, 5.74) is 9.14. The van der Waals surface area contributed by atoms with Gasteiger partial charge < -0.3 is 19.5 Å². The van der Waals surface area contributed by atoms with Crippen LogP contribution in [0.1, 0.15) is 42.6 Å². The third-order valence-electron chi connectivity index (χ3n) is 6.67. The van der Waals surface area contributed by atoms with Crippen molar-refractivity contribution >= 4 is 5.91 Å². The number of phenols is 1. The molecule has 2 saturated heterocycles. The number of aromatic hydroxyl groups is 1. The highest BCUT2D eigenvalue weighted by atomic mass is 16.5. The summed E-state index contributed by atoms with van der Waals surface area (Å²) in [6.45, 7) is 5.33. The molecule has 3 aromatic rings. The highest BCUT2D eigenvalue weighted by Crippen LogP contribution is 2.50. The fourth-order valence-electron chi connectivity index (χ4n) is 5.23. The molecule has 182 valence electrons. The number of nitrogens with one attached hydrogen (secondary N) is 2. The number of pyridine rings is 1. The van der Waals surface area contributed by atoms with Crippen molar-refractivity contribution in [2.45, 2.75) is 38.5 Å². The van der Waals surface area contributed by atoms with Gasteiger partial charge in [0.25, 0.3) is 0 Å². The van der Waals surface area contributed by atoms with E-state index < -0.39 is 6.04 Å². The van der Waals surface area contributed by atoms with Crippen LogP contribution in [-0.4, -0.2) is 40.2 Å². The molecule has 1 amide bonds. The number of ether oxygens (including phenoxy) is 2. The molecule has 8 nitrogen and oxygen atoms in total. The monoisotopic (exact) mass is 474 g/mol. The summed E-state index contributed by atoms with van der Waals surface area (Å²) in [5, 5.41) is 10.6. The number of carbonyl (C=O) groups is 1. The molecule has 0 spiro atoms. The lowest BCUT2D eigenvalue weighted by molar-refractivity contribution is -0.131. The average Bonchev–Trinajstić information content (AvgIpc) is 3.41. The maximum atomic E-state index is 13.7. The van der Waals surface area contributed by atoms with Gasteiger partial charge >= 0.3 is 0 Å². The first kappa shape index (κ1) is 23.1. The van der Waals surface area contributed by atoms with Gasteiger partial charge in [-0.1, -0.05) is 30.3 Å². The third-order valence-corrected chi connectivity index (χ3v) is 6.67. The Labute approximate surface area is 204 Å². The Morgan fingerprint density at radius 3 is 2.49 bits per heavy atom. The van der Waals surface area contributed by atoms with Gasteiger partial charge in [-0.25, -0.2) is 10.9 Å². The minimum absolute atomic E-state index is 0.00104. The van der Waals surface area contributed by atoms with Gasteiger partial charge in [-0.2, -0.15) is 0 Å². The lowest BCUT2D eigenvalue weighted by Gasteiger charge is -2.32. The molecule has 35 heavy (non-hydrogen) atoms. The zero-order chi connectivity index (χ0) is 24.4. The van der Waals surface area contributed by atoms with Crippen LogP contribution in [0.4, 0.5) is 0 Å². The molecule has 4 unspecified atom stereocenters. The zero-order valence-corrected chi connectivity index (χ0v) is 19.8. The lowest BCUT2D eigenvalue weighted by Crippen LogP contribution is -2.41. The Kier molecular flexibility index (Phi) is 6.57. The Balaban J connectivity index is 1.59. The van der Waals surface area contributed by atoms with Crippen LogP contribution in [0.3, 0.4) is 0 Å². The number of para-hydroxylation sites is 1. The zero-order valence-electron chi connectivity index (χ0n) is 19.8. The highest BCUT2D eigenvalue weighted by Gasteiger charge is 2.55. The number of likely N-dealkylation sites (tertiary alicyclic amines) is 1. The molecular weight excluding hydrogens is 444 g/mol. The summed E-state index contributed by atoms with van der Waals surface area (Å²) in [6.07, 6.45) is 3.51. The first-order valence-corrected chi connectivity index (χ1v) is 12.0. The summed E-state index contributed by atoms with van der Waals surface area (Å²) in [4.78, 5) is 19.8. The Hall–Kier alpha value is -3.62. The molecule has 4 atom stereocenters. The molecule has 0 radical (unpaired) electrons. The number of aromatic nitrogens is 1. The van der Waals surface area contributed by atoms with E-state index in [-0.39, 0.29) is 29.7 Å². The highest BCUT2D eigenvalue weighted by molar-refractivity contribution is 5.86. The van der Waals surface area contributed by atoms with E-state index in [1.165, 1.54) is 0 Å². The fourth-order valence-corrected chi connectivity index (χ4v) is 5.23. The molecule has 5 rings (SSSR count). The summed E-state index contributed by atoms with van der Waals surface area (Å²) >= 11 is 0. The maximum absolute atomic E-state index is 13.7. The first-order chi connectivity index (χ1) is 17.1. The van der Waals surface area contributed by atoms with Crippen LogP contribution in [0.15, 0.2) is 67.0 Å². The number of nitrogens with zero attached hydrogens (tertiary/aromatic N) is 2. The topological polar surface area (TPSA) is 96.0 Å². The average molecular weight is 475 g/mol. The van der Waals surface area contributed by atoms with Crippen LogP contribution >= 0.6 is 0 Å². The molecule has 0 saturated carbocycles. The number of rotatable bonds is 8. The maximum Gasteiger partial charge on any atom is 0.242 e. The summed E-state index contributed by atoms with van der Waals surface area (Å²) in [5.74, 6) is 1.37. The Morgan fingerprint density at radius 2 is 1.74 bits per heavy atom. The molecule has 0 aliphatic carbocycles. The Morgan fingerprint density at radius 1 is 0.971 bits per heavy atom. The number of phenolic OH excluding ortho intramolecular Hbond substituents is 1. The van der Waals surface area contributed by atoms with Crippen molar-refractivity contribution in [2.75, 3.05) is 13.2 Å². The predicted octanol–water partition coefficient (Wildman–Crippen LogP) is 3.50. The van der Waals surface area contributed by atoms with Crippen LogP contribution in [-0.2, 0) is 11.3 Å². The standard InChI is InChI=1S/C27H30N4O4/c1-3-34-21-12-11-18(14-22(21)35-4-2)26-23-24(19-9-5-6-10-20(19)32)29-30-25(23)27(33)31(26)16-17-8-7-13-28-15-17/h5-15,23-26,29-30,32H,3-4,16H2,1-2H3.